The SMILES string of the molecule is CSCC[C@H](NC(=O)Cc1c(C)c2cc3c(-c4ccccc4)coc3cc2oc1=O)C(=O)[O-]. The summed E-state index contributed by atoms with van der Waals surface area (Å²) in [6, 6.07) is 12.2. The fraction of sp³-hybridized carbons (Fsp3) is 0.240. The van der Waals surface area contributed by atoms with E-state index < -0.39 is 23.5 Å². The summed E-state index contributed by atoms with van der Waals surface area (Å²) < 4.78 is 11.2. The van der Waals surface area contributed by atoms with Gasteiger partial charge in [-0.15, -0.1) is 0 Å². The molecule has 8 heteroatoms. The van der Waals surface area contributed by atoms with Crippen LogP contribution in [0.3, 0.4) is 0 Å². The summed E-state index contributed by atoms with van der Waals surface area (Å²) in [4.78, 5) is 36.5. The molecule has 1 N–H and O–H groups in total. The lowest BCUT2D eigenvalue weighted by Crippen LogP contribution is -2.48. The highest BCUT2D eigenvalue weighted by Gasteiger charge is 2.20. The van der Waals surface area contributed by atoms with Crippen LogP contribution in [0.25, 0.3) is 33.1 Å². The lowest BCUT2D eigenvalue weighted by Gasteiger charge is -2.19. The van der Waals surface area contributed by atoms with Crippen molar-refractivity contribution in [1.29, 1.82) is 0 Å². The van der Waals surface area contributed by atoms with Crippen LogP contribution >= 0.6 is 11.8 Å². The van der Waals surface area contributed by atoms with Gasteiger partial charge in [-0.1, -0.05) is 30.3 Å². The molecule has 7 nitrogen and oxygen atoms in total. The highest BCUT2D eigenvalue weighted by atomic mass is 32.2. The second-order valence-corrected chi connectivity index (χ2v) is 8.74. The number of amides is 1. The predicted molar refractivity (Wildman–Crippen MR) is 126 cm³/mol. The third-order valence-electron chi connectivity index (χ3n) is 5.63. The Kier molecular flexibility index (Phi) is 6.55. The number of carbonyl (C=O) groups excluding carboxylic acids is 2. The number of aliphatic carboxylic acids is 1. The molecule has 0 saturated heterocycles. The van der Waals surface area contributed by atoms with Crippen molar-refractivity contribution in [3.8, 4) is 11.1 Å². The number of furan rings is 1. The Hall–Kier alpha value is -3.52. The molecular weight excluding hydrogens is 442 g/mol. The molecule has 33 heavy (non-hydrogen) atoms. The summed E-state index contributed by atoms with van der Waals surface area (Å²) in [7, 11) is 0. The van der Waals surface area contributed by atoms with Gasteiger partial charge < -0.3 is 24.1 Å². The molecule has 4 aromatic rings. The highest BCUT2D eigenvalue weighted by molar-refractivity contribution is 7.98. The summed E-state index contributed by atoms with van der Waals surface area (Å²) in [6.07, 6.45) is 3.46. The topological polar surface area (TPSA) is 113 Å². The average Bonchev–Trinajstić information content (AvgIpc) is 3.21. The lowest BCUT2D eigenvalue weighted by molar-refractivity contribution is -0.308. The van der Waals surface area contributed by atoms with E-state index >= 15 is 0 Å². The third-order valence-corrected chi connectivity index (χ3v) is 6.28. The number of hydrogen-bond acceptors (Lipinski definition) is 7. The monoisotopic (exact) mass is 464 g/mol. The third kappa shape index (κ3) is 4.66. The quantitative estimate of drug-likeness (QED) is 0.399. The number of aryl methyl sites for hydroxylation is 1. The van der Waals surface area contributed by atoms with Crippen LogP contribution in [0.1, 0.15) is 17.5 Å². The summed E-state index contributed by atoms with van der Waals surface area (Å²) in [5.74, 6) is -1.37. The number of rotatable bonds is 8. The van der Waals surface area contributed by atoms with Gasteiger partial charge in [0.05, 0.1) is 30.3 Å². The zero-order chi connectivity index (χ0) is 23.5. The van der Waals surface area contributed by atoms with Crippen molar-refractivity contribution in [3.63, 3.8) is 0 Å². The maximum Gasteiger partial charge on any atom is 0.340 e. The van der Waals surface area contributed by atoms with Gasteiger partial charge in [-0.3, -0.25) is 4.79 Å². The molecule has 0 aliphatic heterocycles. The normalized spacial score (nSPS) is 12.2. The number of fused-ring (bicyclic) bond motifs is 2. The molecule has 0 aliphatic rings. The van der Waals surface area contributed by atoms with Crippen molar-refractivity contribution in [1.82, 2.24) is 5.32 Å². The van der Waals surface area contributed by atoms with Crippen LogP contribution in [-0.4, -0.2) is 29.9 Å². The zero-order valence-corrected chi connectivity index (χ0v) is 19.0. The fourth-order valence-electron chi connectivity index (χ4n) is 3.85. The van der Waals surface area contributed by atoms with E-state index in [2.05, 4.69) is 5.32 Å². The Morgan fingerprint density at radius 3 is 2.58 bits per heavy atom. The van der Waals surface area contributed by atoms with Gasteiger partial charge in [0.15, 0.2) is 0 Å². The van der Waals surface area contributed by atoms with Gasteiger partial charge in [-0.05, 0) is 42.5 Å². The fourth-order valence-corrected chi connectivity index (χ4v) is 4.32. The van der Waals surface area contributed by atoms with E-state index in [1.165, 1.54) is 11.8 Å². The van der Waals surface area contributed by atoms with E-state index in [9.17, 15) is 19.5 Å². The number of carbonyl (C=O) groups is 2. The number of carboxylic acid groups (broad SMARTS) is 1. The van der Waals surface area contributed by atoms with Crippen molar-refractivity contribution in [3.05, 3.63) is 70.3 Å². The Morgan fingerprint density at radius 2 is 1.88 bits per heavy atom. The molecule has 2 aromatic heterocycles. The molecule has 170 valence electrons. The molecule has 0 aliphatic carbocycles. The zero-order valence-electron chi connectivity index (χ0n) is 18.2. The second kappa shape index (κ2) is 9.54. The Labute approximate surface area is 193 Å². The Balaban J connectivity index is 1.70. The maximum atomic E-state index is 12.6. The van der Waals surface area contributed by atoms with E-state index in [4.69, 9.17) is 8.83 Å². The minimum Gasteiger partial charge on any atom is -0.548 e. The number of nitrogens with one attached hydrogen (secondary N) is 1. The van der Waals surface area contributed by atoms with Crippen LogP contribution in [0, 0.1) is 6.92 Å². The van der Waals surface area contributed by atoms with E-state index in [-0.39, 0.29) is 18.4 Å². The standard InChI is InChI=1S/C25H23NO6S/c1-14-16-10-18-19(15-6-4-3-5-7-15)13-31-21(18)12-22(16)32-25(30)17(14)11-23(27)26-20(24(28)29)8-9-33-2/h3-7,10,12-13,20H,8-9,11H2,1-2H3,(H,26,27)(H,28,29)/p-1/t20-/m0/s1. The van der Waals surface area contributed by atoms with Gasteiger partial charge in [0.2, 0.25) is 5.91 Å². The summed E-state index contributed by atoms with van der Waals surface area (Å²) >= 11 is 1.47. The highest BCUT2D eigenvalue weighted by Crippen LogP contribution is 2.34. The summed E-state index contributed by atoms with van der Waals surface area (Å²) in [6.45, 7) is 1.75. The predicted octanol–water partition coefficient (Wildman–Crippen LogP) is 3.04. The maximum absolute atomic E-state index is 12.6. The molecular formula is C25H22NO6S-. The van der Waals surface area contributed by atoms with E-state index in [1.807, 2.05) is 42.7 Å². The molecule has 0 bridgehead atoms. The van der Waals surface area contributed by atoms with Crippen LogP contribution in [0.2, 0.25) is 0 Å². The Morgan fingerprint density at radius 1 is 1.12 bits per heavy atom. The number of carboxylic acids is 1. The number of hydrogen-bond donors (Lipinski definition) is 1. The van der Waals surface area contributed by atoms with Crippen molar-refractivity contribution >= 4 is 45.6 Å². The first-order chi connectivity index (χ1) is 15.9. The molecule has 1 amide bonds. The molecule has 2 heterocycles. The molecule has 0 radical (unpaired) electrons. The largest absolute Gasteiger partial charge is 0.548 e. The van der Waals surface area contributed by atoms with Gasteiger partial charge in [-0.2, -0.15) is 11.8 Å². The van der Waals surface area contributed by atoms with Gasteiger partial charge >= 0.3 is 5.63 Å². The molecule has 0 fully saturated rings. The Bertz CT molecular complexity index is 1390. The molecule has 1 atom stereocenters. The molecule has 0 unspecified atom stereocenters. The van der Waals surface area contributed by atoms with Crippen LogP contribution in [0.4, 0.5) is 0 Å². The minimum atomic E-state index is -1.35. The molecule has 0 saturated carbocycles. The van der Waals surface area contributed by atoms with Crippen molar-refractivity contribution in [2.24, 2.45) is 0 Å². The molecule has 2 aromatic carbocycles. The van der Waals surface area contributed by atoms with E-state index in [0.29, 0.717) is 27.9 Å². The number of benzene rings is 2. The van der Waals surface area contributed by atoms with Crippen molar-refractivity contribution < 1.29 is 23.5 Å². The number of thioether (sulfide) groups is 1. The summed E-state index contributed by atoms with van der Waals surface area (Å²) in [5, 5.41) is 15.3. The van der Waals surface area contributed by atoms with Crippen LogP contribution in [0.5, 0.6) is 0 Å². The minimum absolute atomic E-state index is 0.186. The lowest BCUT2D eigenvalue weighted by atomic mass is 9.99. The first kappa shape index (κ1) is 22.7. The van der Waals surface area contributed by atoms with Crippen molar-refractivity contribution in [2.45, 2.75) is 25.8 Å². The van der Waals surface area contributed by atoms with Gasteiger partial charge in [0, 0.05) is 22.4 Å². The van der Waals surface area contributed by atoms with E-state index in [0.717, 1.165) is 16.5 Å². The van der Waals surface area contributed by atoms with Crippen molar-refractivity contribution in [2.75, 3.05) is 12.0 Å². The average molecular weight is 465 g/mol. The summed E-state index contributed by atoms with van der Waals surface area (Å²) in [5.41, 5.74) is 2.99. The molecule has 4 rings (SSSR count). The van der Waals surface area contributed by atoms with Crippen LogP contribution in [0.15, 0.2) is 62.4 Å². The van der Waals surface area contributed by atoms with Gasteiger partial charge in [-0.25, -0.2) is 4.79 Å². The first-order valence-electron chi connectivity index (χ1n) is 10.4. The second-order valence-electron chi connectivity index (χ2n) is 7.75. The van der Waals surface area contributed by atoms with Crippen LogP contribution < -0.4 is 16.0 Å². The molecule has 0 spiro atoms. The smallest absolute Gasteiger partial charge is 0.340 e. The first-order valence-corrected chi connectivity index (χ1v) is 11.8. The van der Waals surface area contributed by atoms with Gasteiger partial charge in [0.25, 0.3) is 0 Å². The van der Waals surface area contributed by atoms with E-state index in [1.54, 1.807) is 19.3 Å². The van der Waals surface area contributed by atoms with Gasteiger partial charge in [0.1, 0.15) is 11.2 Å². The van der Waals surface area contributed by atoms with Crippen LogP contribution in [-0.2, 0) is 16.0 Å².